The van der Waals surface area contributed by atoms with Crippen LogP contribution in [0.5, 0.6) is 0 Å². The van der Waals surface area contributed by atoms with Crippen molar-refractivity contribution >= 4 is 16.0 Å². The molecule has 4 nitrogen and oxygen atoms in total. The van der Waals surface area contributed by atoms with E-state index >= 15 is 0 Å². The Labute approximate surface area is 122 Å². The van der Waals surface area contributed by atoms with Crippen molar-refractivity contribution in [3.8, 4) is 0 Å². The molecule has 1 N–H and O–H groups in total. The number of nitrogens with one attached hydrogen (secondary N) is 1. The standard InChI is InChI=1S/C13H14F3N3OS/c14-13(15,16)8-21(20)12-17-11-7-6-10(19(11)18-12)9-4-2-1-3-5-9/h1-5,10-11H,6-8H2,(H,17,18). The molecule has 3 unspecified atom stereocenters. The summed E-state index contributed by atoms with van der Waals surface area (Å²) < 4.78 is 48.6. The minimum atomic E-state index is -4.46. The second-order valence-corrected chi connectivity index (χ2v) is 6.41. The van der Waals surface area contributed by atoms with Crippen LogP contribution >= 0.6 is 0 Å². The Bertz CT molecular complexity index is 576. The molecule has 0 amide bonds. The topological polar surface area (TPSA) is 44.7 Å². The monoisotopic (exact) mass is 317 g/mol. The molecule has 0 spiro atoms. The van der Waals surface area contributed by atoms with Gasteiger partial charge in [0.25, 0.3) is 0 Å². The van der Waals surface area contributed by atoms with E-state index in [0.717, 1.165) is 18.4 Å². The number of amidine groups is 1. The van der Waals surface area contributed by atoms with Crippen LogP contribution in [-0.2, 0) is 10.8 Å². The molecule has 2 aliphatic rings. The van der Waals surface area contributed by atoms with Gasteiger partial charge in [-0.2, -0.15) is 18.2 Å². The van der Waals surface area contributed by atoms with E-state index < -0.39 is 22.7 Å². The fourth-order valence-corrected chi connectivity index (χ4v) is 3.56. The van der Waals surface area contributed by atoms with Gasteiger partial charge in [-0.3, -0.25) is 9.63 Å². The molecular weight excluding hydrogens is 303 g/mol. The third-order valence-electron chi connectivity index (χ3n) is 3.54. The summed E-state index contributed by atoms with van der Waals surface area (Å²) in [5.41, 5.74) is 3.88. The van der Waals surface area contributed by atoms with Gasteiger partial charge < -0.3 is 0 Å². The maximum atomic E-state index is 12.3. The lowest BCUT2D eigenvalue weighted by molar-refractivity contribution is -0.105. The number of rotatable bonds is 2. The van der Waals surface area contributed by atoms with Crippen LogP contribution in [0.25, 0.3) is 0 Å². The summed E-state index contributed by atoms with van der Waals surface area (Å²) in [7, 11) is -2.17. The molecule has 114 valence electrons. The van der Waals surface area contributed by atoms with Crippen LogP contribution in [0, 0.1) is 0 Å². The van der Waals surface area contributed by atoms with Crippen molar-refractivity contribution in [2.24, 2.45) is 4.99 Å². The summed E-state index contributed by atoms with van der Waals surface area (Å²) in [5.74, 6) is -1.37. The zero-order valence-electron chi connectivity index (χ0n) is 11.0. The van der Waals surface area contributed by atoms with E-state index in [1.807, 2.05) is 30.3 Å². The number of fused-ring (bicyclic) bond motifs is 1. The predicted molar refractivity (Wildman–Crippen MR) is 73.7 cm³/mol. The van der Waals surface area contributed by atoms with Gasteiger partial charge >= 0.3 is 6.18 Å². The molecule has 1 aromatic rings. The van der Waals surface area contributed by atoms with Gasteiger partial charge in [0, 0.05) is 0 Å². The SMILES string of the molecule is O=S(CC(F)(F)F)C1=NC2CCC(c3ccccc3)N2N1. The van der Waals surface area contributed by atoms with Gasteiger partial charge in [-0.15, -0.1) is 0 Å². The van der Waals surface area contributed by atoms with Gasteiger partial charge in [-0.25, -0.2) is 4.99 Å². The summed E-state index contributed by atoms with van der Waals surface area (Å²) in [4.78, 5) is 4.14. The molecule has 1 saturated heterocycles. The summed E-state index contributed by atoms with van der Waals surface area (Å²) in [6, 6.07) is 9.73. The first-order valence-corrected chi connectivity index (χ1v) is 7.89. The first kappa shape index (κ1) is 14.5. The second kappa shape index (κ2) is 5.42. The molecule has 0 aliphatic carbocycles. The van der Waals surface area contributed by atoms with Gasteiger partial charge in [0.15, 0.2) is 0 Å². The maximum absolute atomic E-state index is 12.3. The highest BCUT2D eigenvalue weighted by atomic mass is 32.2. The van der Waals surface area contributed by atoms with Crippen LogP contribution in [0.4, 0.5) is 13.2 Å². The minimum Gasteiger partial charge on any atom is -0.293 e. The van der Waals surface area contributed by atoms with Crippen molar-refractivity contribution in [1.82, 2.24) is 10.4 Å². The lowest BCUT2D eigenvalue weighted by Gasteiger charge is -2.23. The van der Waals surface area contributed by atoms with Gasteiger partial charge in [0.05, 0.1) is 16.8 Å². The maximum Gasteiger partial charge on any atom is 0.400 e. The lowest BCUT2D eigenvalue weighted by Crippen LogP contribution is -2.41. The Morgan fingerprint density at radius 2 is 2.00 bits per heavy atom. The largest absolute Gasteiger partial charge is 0.400 e. The highest BCUT2D eigenvalue weighted by molar-refractivity contribution is 8.00. The Hall–Kier alpha value is -1.41. The van der Waals surface area contributed by atoms with Crippen molar-refractivity contribution in [2.75, 3.05) is 5.75 Å². The highest BCUT2D eigenvalue weighted by Gasteiger charge is 2.42. The van der Waals surface area contributed by atoms with Crippen LogP contribution < -0.4 is 5.43 Å². The first-order valence-electron chi connectivity index (χ1n) is 6.57. The minimum absolute atomic E-state index is 0.0420. The normalized spacial score (nSPS) is 27.1. The van der Waals surface area contributed by atoms with Crippen LogP contribution in [0.3, 0.4) is 0 Å². The number of aliphatic imine (C=N–C) groups is 1. The molecule has 1 fully saturated rings. The Morgan fingerprint density at radius 1 is 1.29 bits per heavy atom. The van der Waals surface area contributed by atoms with E-state index in [0.29, 0.717) is 0 Å². The Morgan fingerprint density at radius 3 is 2.67 bits per heavy atom. The third kappa shape index (κ3) is 3.11. The average Bonchev–Trinajstić information content (AvgIpc) is 2.97. The van der Waals surface area contributed by atoms with Gasteiger partial charge in [-0.1, -0.05) is 30.3 Å². The van der Waals surface area contributed by atoms with Crippen molar-refractivity contribution in [1.29, 1.82) is 0 Å². The predicted octanol–water partition coefficient (Wildman–Crippen LogP) is 2.33. The quantitative estimate of drug-likeness (QED) is 0.910. The number of hydrogen-bond acceptors (Lipinski definition) is 4. The van der Waals surface area contributed by atoms with E-state index in [4.69, 9.17) is 0 Å². The lowest BCUT2D eigenvalue weighted by atomic mass is 10.1. The first-order chi connectivity index (χ1) is 9.94. The van der Waals surface area contributed by atoms with Gasteiger partial charge in [0.1, 0.15) is 11.9 Å². The molecular formula is C13H14F3N3OS. The molecule has 2 aliphatic heterocycles. The van der Waals surface area contributed by atoms with Crippen LogP contribution in [0.1, 0.15) is 24.4 Å². The number of hydrogen-bond donors (Lipinski definition) is 1. The molecule has 3 atom stereocenters. The van der Waals surface area contributed by atoms with Crippen molar-refractivity contribution < 1.29 is 17.4 Å². The molecule has 1 aromatic carbocycles. The molecule has 2 heterocycles. The highest BCUT2D eigenvalue weighted by Crippen LogP contribution is 2.37. The summed E-state index contributed by atoms with van der Waals surface area (Å²) in [6.45, 7) is 0. The molecule has 8 heteroatoms. The van der Waals surface area contributed by atoms with E-state index in [2.05, 4.69) is 10.4 Å². The number of alkyl halides is 3. The molecule has 21 heavy (non-hydrogen) atoms. The van der Waals surface area contributed by atoms with Crippen LogP contribution in [-0.4, -0.2) is 32.5 Å². The molecule has 0 aromatic heterocycles. The molecule has 0 radical (unpaired) electrons. The van der Waals surface area contributed by atoms with E-state index in [1.165, 1.54) is 0 Å². The number of hydrazine groups is 1. The van der Waals surface area contributed by atoms with Crippen LogP contribution in [0.15, 0.2) is 35.3 Å². The van der Waals surface area contributed by atoms with Crippen molar-refractivity contribution in [3.05, 3.63) is 35.9 Å². The van der Waals surface area contributed by atoms with Gasteiger partial charge in [-0.05, 0) is 18.4 Å². The van der Waals surface area contributed by atoms with E-state index in [-0.39, 0.29) is 17.4 Å². The van der Waals surface area contributed by atoms with E-state index in [9.17, 15) is 17.4 Å². The fraction of sp³-hybridized carbons (Fsp3) is 0.462. The van der Waals surface area contributed by atoms with Gasteiger partial charge in [0.2, 0.25) is 5.17 Å². The van der Waals surface area contributed by atoms with Crippen LogP contribution in [0.2, 0.25) is 0 Å². The summed E-state index contributed by atoms with van der Waals surface area (Å²) in [6.07, 6.45) is -3.09. The number of nitrogens with zero attached hydrogens (tertiary/aromatic N) is 2. The third-order valence-corrected chi connectivity index (χ3v) is 4.76. The molecule has 0 bridgehead atoms. The second-order valence-electron chi connectivity index (χ2n) is 5.04. The van der Waals surface area contributed by atoms with E-state index in [1.54, 1.807) is 5.01 Å². The Kier molecular flexibility index (Phi) is 3.75. The fourth-order valence-electron chi connectivity index (χ4n) is 2.68. The number of benzene rings is 1. The zero-order valence-corrected chi connectivity index (χ0v) is 11.8. The average molecular weight is 317 g/mol. The summed E-state index contributed by atoms with van der Waals surface area (Å²) in [5, 5.41) is 1.73. The number of halogens is 3. The molecule has 3 rings (SSSR count). The molecule has 0 saturated carbocycles. The summed E-state index contributed by atoms with van der Waals surface area (Å²) >= 11 is 0. The Balaban J connectivity index is 1.71. The zero-order chi connectivity index (χ0) is 15.0. The smallest absolute Gasteiger partial charge is 0.293 e. The van der Waals surface area contributed by atoms with Crippen molar-refractivity contribution in [3.63, 3.8) is 0 Å². The van der Waals surface area contributed by atoms with Crippen molar-refractivity contribution in [2.45, 2.75) is 31.2 Å².